The molecule has 0 radical (unpaired) electrons. The van der Waals surface area contributed by atoms with Gasteiger partial charge >= 0.3 is 0 Å². The molecule has 2 aliphatic rings. The minimum Gasteiger partial charge on any atom is -0.394 e. The summed E-state index contributed by atoms with van der Waals surface area (Å²) in [5.41, 5.74) is 2.05. The number of rotatable bonds is 5. The Hall–Kier alpha value is -1.18. The third-order valence-corrected chi connectivity index (χ3v) is 3.78. The smallest absolute Gasteiger partial charge is 0.102 e. The molecule has 0 bridgehead atoms. The van der Waals surface area contributed by atoms with Gasteiger partial charge in [-0.25, -0.2) is 4.90 Å². The summed E-state index contributed by atoms with van der Waals surface area (Å²) in [4.78, 5) is 2.19. The van der Waals surface area contributed by atoms with E-state index in [1.54, 1.807) is 0 Å². The van der Waals surface area contributed by atoms with Crippen molar-refractivity contribution in [2.75, 3.05) is 38.5 Å². The monoisotopic (exact) mass is 280 g/mol. The molecule has 110 valence electrons. The van der Waals surface area contributed by atoms with Crippen LogP contribution in [-0.2, 0) is 9.47 Å². The van der Waals surface area contributed by atoms with Gasteiger partial charge in [-0.05, 0) is 17.7 Å². The van der Waals surface area contributed by atoms with Gasteiger partial charge in [-0.2, -0.15) is 0 Å². The average molecular weight is 280 g/mol. The van der Waals surface area contributed by atoms with E-state index in [4.69, 9.17) is 14.6 Å². The molecule has 0 saturated carbocycles. The SMILES string of the molecule is OCC(O)CNc1ccc(C2OCN3COCC23)cc1. The first-order valence-corrected chi connectivity index (χ1v) is 6.84. The minimum atomic E-state index is -0.739. The highest BCUT2D eigenvalue weighted by atomic mass is 16.6. The fourth-order valence-electron chi connectivity index (χ4n) is 2.60. The van der Waals surface area contributed by atoms with Crippen molar-refractivity contribution in [3.05, 3.63) is 29.8 Å². The zero-order chi connectivity index (χ0) is 13.9. The lowest BCUT2D eigenvalue weighted by atomic mass is 10.0. The molecule has 1 aromatic rings. The zero-order valence-electron chi connectivity index (χ0n) is 11.2. The van der Waals surface area contributed by atoms with Gasteiger partial charge in [-0.3, -0.25) is 0 Å². The minimum absolute atomic E-state index is 0.0644. The van der Waals surface area contributed by atoms with E-state index in [9.17, 15) is 5.11 Å². The van der Waals surface area contributed by atoms with Gasteiger partial charge in [0.05, 0.1) is 25.4 Å². The number of ether oxygens (including phenoxy) is 2. The molecule has 0 aliphatic carbocycles. The summed E-state index contributed by atoms with van der Waals surface area (Å²) in [7, 11) is 0. The van der Waals surface area contributed by atoms with Gasteiger partial charge in [0.2, 0.25) is 0 Å². The molecule has 0 amide bonds. The standard InChI is InChI=1S/C14H20N2O4/c17-6-12(18)5-15-11-3-1-10(2-4-11)14-13-7-19-8-16(13)9-20-14/h1-4,12-15,17-18H,5-9H2. The van der Waals surface area contributed by atoms with Crippen molar-refractivity contribution >= 4 is 5.69 Å². The first-order chi connectivity index (χ1) is 9.78. The van der Waals surface area contributed by atoms with Crippen molar-refractivity contribution in [1.29, 1.82) is 0 Å². The normalized spacial score (nSPS) is 27.5. The molecular weight excluding hydrogens is 260 g/mol. The Balaban J connectivity index is 1.61. The lowest BCUT2D eigenvalue weighted by molar-refractivity contribution is 0.0370. The number of nitrogens with one attached hydrogen (secondary N) is 1. The van der Waals surface area contributed by atoms with Crippen LogP contribution in [-0.4, -0.2) is 60.5 Å². The van der Waals surface area contributed by atoms with Crippen LogP contribution in [0.1, 0.15) is 11.7 Å². The van der Waals surface area contributed by atoms with Crippen LogP contribution in [0, 0.1) is 0 Å². The van der Waals surface area contributed by atoms with Crippen LogP contribution in [0.2, 0.25) is 0 Å². The van der Waals surface area contributed by atoms with Crippen LogP contribution >= 0.6 is 0 Å². The van der Waals surface area contributed by atoms with Gasteiger partial charge in [-0.15, -0.1) is 0 Å². The number of fused-ring (bicyclic) bond motifs is 1. The van der Waals surface area contributed by atoms with Crippen molar-refractivity contribution in [2.24, 2.45) is 0 Å². The molecule has 1 aromatic carbocycles. The summed E-state index contributed by atoms with van der Waals surface area (Å²) in [6.07, 6.45) is -0.674. The Morgan fingerprint density at radius 2 is 2.10 bits per heavy atom. The zero-order valence-corrected chi connectivity index (χ0v) is 11.2. The van der Waals surface area contributed by atoms with Gasteiger partial charge in [-0.1, -0.05) is 12.1 Å². The highest BCUT2D eigenvalue weighted by molar-refractivity contribution is 5.45. The van der Waals surface area contributed by atoms with Gasteiger partial charge in [0.15, 0.2) is 0 Å². The number of hydrogen-bond acceptors (Lipinski definition) is 6. The van der Waals surface area contributed by atoms with Gasteiger partial charge in [0, 0.05) is 12.2 Å². The van der Waals surface area contributed by atoms with Crippen LogP contribution < -0.4 is 5.32 Å². The number of anilines is 1. The molecule has 3 rings (SSSR count). The Morgan fingerprint density at radius 1 is 1.30 bits per heavy atom. The van der Waals surface area contributed by atoms with Gasteiger partial charge in [0.1, 0.15) is 19.6 Å². The fourth-order valence-corrected chi connectivity index (χ4v) is 2.60. The van der Waals surface area contributed by atoms with Crippen molar-refractivity contribution in [3.63, 3.8) is 0 Å². The van der Waals surface area contributed by atoms with Gasteiger partial charge in [0.25, 0.3) is 0 Å². The lowest BCUT2D eigenvalue weighted by Gasteiger charge is -2.17. The summed E-state index contributed by atoms with van der Waals surface area (Å²) in [6.45, 7) is 2.09. The molecule has 3 unspecified atom stereocenters. The molecule has 2 aliphatic heterocycles. The molecule has 0 spiro atoms. The Kier molecular flexibility index (Phi) is 4.18. The maximum atomic E-state index is 9.30. The Labute approximate surface area is 117 Å². The number of aliphatic hydroxyl groups excluding tert-OH is 2. The van der Waals surface area contributed by atoms with E-state index in [-0.39, 0.29) is 12.7 Å². The second kappa shape index (κ2) is 6.07. The van der Waals surface area contributed by atoms with Crippen molar-refractivity contribution in [2.45, 2.75) is 18.2 Å². The van der Waals surface area contributed by atoms with Crippen LogP contribution in [0.3, 0.4) is 0 Å². The number of aliphatic hydroxyl groups is 2. The molecule has 0 aromatic heterocycles. The highest BCUT2D eigenvalue weighted by Crippen LogP contribution is 2.34. The number of hydrogen-bond donors (Lipinski definition) is 3. The molecule has 20 heavy (non-hydrogen) atoms. The topological polar surface area (TPSA) is 74.2 Å². The summed E-state index contributed by atoms with van der Waals surface area (Å²) in [6, 6.07) is 8.29. The van der Waals surface area contributed by atoms with Crippen molar-refractivity contribution in [3.8, 4) is 0 Å². The van der Waals surface area contributed by atoms with Gasteiger partial charge < -0.3 is 25.0 Å². The van der Waals surface area contributed by atoms with E-state index in [1.165, 1.54) is 0 Å². The second-order valence-electron chi connectivity index (χ2n) is 5.21. The first-order valence-electron chi connectivity index (χ1n) is 6.84. The van der Waals surface area contributed by atoms with E-state index in [2.05, 4.69) is 10.2 Å². The van der Waals surface area contributed by atoms with E-state index < -0.39 is 6.10 Å². The number of benzene rings is 1. The molecule has 3 atom stereocenters. The van der Waals surface area contributed by atoms with Crippen LogP contribution in [0.15, 0.2) is 24.3 Å². The van der Waals surface area contributed by atoms with E-state index in [0.29, 0.717) is 32.7 Å². The quantitative estimate of drug-likeness (QED) is 0.712. The highest BCUT2D eigenvalue weighted by Gasteiger charge is 2.39. The first kappa shape index (κ1) is 13.8. The second-order valence-corrected chi connectivity index (χ2v) is 5.21. The summed E-state index contributed by atoms with van der Waals surface area (Å²) in [5.74, 6) is 0. The average Bonchev–Trinajstić information content (AvgIpc) is 3.08. The largest absolute Gasteiger partial charge is 0.394 e. The van der Waals surface area contributed by atoms with E-state index >= 15 is 0 Å². The third kappa shape index (κ3) is 2.79. The van der Waals surface area contributed by atoms with Crippen LogP contribution in [0.25, 0.3) is 0 Å². The maximum absolute atomic E-state index is 9.30. The Bertz CT molecular complexity index is 439. The fraction of sp³-hybridized carbons (Fsp3) is 0.571. The molecule has 3 N–H and O–H groups in total. The predicted molar refractivity (Wildman–Crippen MR) is 73.2 cm³/mol. The molecule has 2 heterocycles. The third-order valence-electron chi connectivity index (χ3n) is 3.78. The molecular formula is C14H20N2O4. The summed E-state index contributed by atoms with van der Waals surface area (Å²) >= 11 is 0. The molecule has 2 saturated heterocycles. The van der Waals surface area contributed by atoms with E-state index in [0.717, 1.165) is 11.3 Å². The Morgan fingerprint density at radius 3 is 2.85 bits per heavy atom. The lowest BCUT2D eigenvalue weighted by Crippen LogP contribution is -2.27. The predicted octanol–water partition coefficient (Wildman–Crippen LogP) is 0.139. The van der Waals surface area contributed by atoms with E-state index in [1.807, 2.05) is 24.3 Å². The molecule has 6 heteroatoms. The molecule has 2 fully saturated rings. The maximum Gasteiger partial charge on any atom is 0.102 e. The summed E-state index contributed by atoms with van der Waals surface area (Å²) in [5, 5.41) is 21.1. The van der Waals surface area contributed by atoms with Crippen LogP contribution in [0.4, 0.5) is 5.69 Å². The van der Waals surface area contributed by atoms with Crippen molar-refractivity contribution < 1.29 is 19.7 Å². The summed E-state index contributed by atoms with van der Waals surface area (Å²) < 4.78 is 11.3. The number of nitrogens with zero attached hydrogens (tertiary/aromatic N) is 1. The molecule has 6 nitrogen and oxygen atoms in total. The van der Waals surface area contributed by atoms with Crippen molar-refractivity contribution in [1.82, 2.24) is 4.90 Å². The van der Waals surface area contributed by atoms with Crippen LogP contribution in [0.5, 0.6) is 0 Å².